The van der Waals surface area contributed by atoms with Crippen LogP contribution in [-0.2, 0) is 4.75 Å². The second-order valence-electron chi connectivity index (χ2n) is 7.79. The molecule has 0 saturated heterocycles. The molecule has 0 saturated carbocycles. The molecule has 5 rings (SSSR count). The van der Waals surface area contributed by atoms with Crippen molar-refractivity contribution in [2.45, 2.75) is 30.4 Å². The van der Waals surface area contributed by atoms with Gasteiger partial charge >= 0.3 is 0 Å². The molecule has 0 radical (unpaired) electrons. The maximum absolute atomic E-state index is 4.87. The van der Waals surface area contributed by atoms with Crippen LogP contribution in [0.1, 0.15) is 25.1 Å². The van der Waals surface area contributed by atoms with Crippen molar-refractivity contribution in [3.8, 4) is 0 Å². The van der Waals surface area contributed by atoms with Crippen molar-refractivity contribution in [1.29, 1.82) is 0 Å². The predicted molar refractivity (Wildman–Crippen MR) is 106 cm³/mol. The van der Waals surface area contributed by atoms with Crippen LogP contribution in [0, 0.1) is 6.92 Å². The van der Waals surface area contributed by atoms with E-state index in [1.54, 1.807) is 0 Å². The Labute approximate surface area is 143 Å². The second kappa shape index (κ2) is 4.15. The number of rotatable bonds is 0. The Bertz CT molecular complexity index is 1170. The van der Waals surface area contributed by atoms with E-state index >= 15 is 0 Å². The number of hydrogen-bond donors (Lipinski definition) is 0. The lowest BCUT2D eigenvalue weighted by Crippen LogP contribution is -2.30. The molecule has 1 aliphatic heterocycles. The van der Waals surface area contributed by atoms with Gasteiger partial charge < -0.3 is 0 Å². The van der Waals surface area contributed by atoms with Gasteiger partial charge in [-0.15, -0.1) is 0 Å². The van der Waals surface area contributed by atoms with Gasteiger partial charge in [-0.2, -0.15) is 0 Å². The molecule has 3 heteroatoms. The Morgan fingerprint density at radius 1 is 1.00 bits per heavy atom. The Kier molecular flexibility index (Phi) is 2.48. The minimum Gasteiger partial charge on any atom is -0.294 e. The molecule has 0 fully saturated rings. The van der Waals surface area contributed by atoms with E-state index in [9.17, 15) is 0 Å². The molecule has 3 heterocycles. The molecule has 2 aromatic carbocycles. The Morgan fingerprint density at radius 3 is 2.46 bits per heavy atom. The molecule has 2 aromatic heterocycles. The van der Waals surface area contributed by atoms with Crippen molar-refractivity contribution in [3.63, 3.8) is 0 Å². The van der Waals surface area contributed by atoms with Crippen LogP contribution in [-0.4, -0.2) is 21.9 Å². The van der Waals surface area contributed by atoms with E-state index < -0.39 is 10.0 Å². The third-order valence-corrected chi connectivity index (χ3v) is 10.4. The summed E-state index contributed by atoms with van der Waals surface area (Å²) in [5.74, 6) is 0. The normalized spacial score (nSPS) is 19.4. The van der Waals surface area contributed by atoms with Gasteiger partial charge in [0.2, 0.25) is 0 Å². The molecular weight excluding hydrogens is 312 g/mol. The number of pyridine rings is 1. The summed E-state index contributed by atoms with van der Waals surface area (Å²) in [5.41, 5.74) is 5.19. The molecule has 0 atom stereocenters. The average molecular weight is 334 g/mol. The highest BCUT2D eigenvalue weighted by atomic mass is 32.3. The minimum absolute atomic E-state index is 0.101. The molecule has 0 unspecified atom stereocenters. The van der Waals surface area contributed by atoms with Gasteiger partial charge in [-0.3, -0.25) is 4.40 Å². The van der Waals surface area contributed by atoms with E-state index in [1.165, 1.54) is 37.8 Å². The van der Waals surface area contributed by atoms with E-state index in [-0.39, 0.29) is 4.75 Å². The van der Waals surface area contributed by atoms with Crippen molar-refractivity contribution in [2.24, 2.45) is 0 Å². The van der Waals surface area contributed by atoms with Crippen LogP contribution in [0.5, 0.6) is 0 Å². The van der Waals surface area contributed by atoms with Gasteiger partial charge in [0, 0.05) is 20.4 Å². The maximum atomic E-state index is 4.87. The zero-order valence-electron chi connectivity index (χ0n) is 14.8. The molecule has 4 aromatic rings. The number of nitrogens with zero attached hydrogens (tertiary/aromatic N) is 2. The molecule has 0 amide bonds. The highest BCUT2D eigenvalue weighted by Gasteiger charge is 2.43. The first-order chi connectivity index (χ1) is 11.4. The molecule has 0 bridgehead atoms. The van der Waals surface area contributed by atoms with Crippen LogP contribution in [0.4, 0.5) is 0 Å². The fraction of sp³-hybridized carbons (Fsp3) is 0.286. The van der Waals surface area contributed by atoms with Gasteiger partial charge in [0.15, 0.2) is 0 Å². The zero-order chi connectivity index (χ0) is 16.9. The van der Waals surface area contributed by atoms with E-state index in [2.05, 4.69) is 80.3 Å². The summed E-state index contributed by atoms with van der Waals surface area (Å²) < 4.78 is 2.54. The predicted octanol–water partition coefficient (Wildman–Crippen LogP) is 5.62. The van der Waals surface area contributed by atoms with Crippen LogP contribution in [0.2, 0.25) is 0 Å². The lowest BCUT2D eigenvalue weighted by molar-refractivity contribution is 0.718. The molecule has 0 spiro atoms. The molecule has 0 N–H and O–H groups in total. The third-order valence-electron chi connectivity index (χ3n) is 6.21. The maximum Gasteiger partial charge on any atom is 0.145 e. The molecular formula is C21H22N2S. The summed E-state index contributed by atoms with van der Waals surface area (Å²) in [7, 11) is -0.989. The van der Waals surface area contributed by atoms with Crippen LogP contribution < -0.4 is 0 Å². The van der Waals surface area contributed by atoms with Gasteiger partial charge in [0.25, 0.3) is 0 Å². The van der Waals surface area contributed by atoms with Gasteiger partial charge in [-0.25, -0.2) is 15.0 Å². The average Bonchev–Trinajstić information content (AvgIpc) is 2.99. The summed E-state index contributed by atoms with van der Waals surface area (Å²) in [6.07, 6.45) is 7.02. The van der Waals surface area contributed by atoms with Gasteiger partial charge in [-0.05, 0) is 50.3 Å². The number of benzene rings is 2. The molecule has 0 aliphatic carbocycles. The summed E-state index contributed by atoms with van der Waals surface area (Å²) in [4.78, 5) is 6.38. The molecule has 122 valence electrons. The first-order valence-electron chi connectivity index (χ1n) is 8.40. The first kappa shape index (κ1) is 14.4. The van der Waals surface area contributed by atoms with Crippen molar-refractivity contribution in [3.05, 3.63) is 53.9 Å². The number of aryl methyl sites for hydroxylation is 1. The summed E-state index contributed by atoms with van der Waals surface area (Å²) >= 11 is 0. The lowest BCUT2D eigenvalue weighted by atomic mass is 10.0. The number of hydrogen-bond acceptors (Lipinski definition) is 1. The third kappa shape index (κ3) is 1.39. The van der Waals surface area contributed by atoms with Gasteiger partial charge in [-0.1, -0.05) is 30.3 Å². The molecule has 2 nitrogen and oxygen atoms in total. The largest absolute Gasteiger partial charge is 0.294 e. The van der Waals surface area contributed by atoms with E-state index in [0.29, 0.717) is 0 Å². The second-order valence-corrected chi connectivity index (χ2v) is 11.9. The van der Waals surface area contributed by atoms with E-state index in [1.807, 2.05) is 0 Å². The van der Waals surface area contributed by atoms with Crippen molar-refractivity contribution in [2.75, 3.05) is 12.5 Å². The molecule has 24 heavy (non-hydrogen) atoms. The Balaban J connectivity index is 2.24. The topological polar surface area (TPSA) is 17.3 Å². The monoisotopic (exact) mass is 334 g/mol. The summed E-state index contributed by atoms with van der Waals surface area (Å²) in [6.45, 7) is 7.00. The Hall–Kier alpha value is -2.00. The van der Waals surface area contributed by atoms with Crippen LogP contribution in [0.25, 0.3) is 27.3 Å². The summed E-state index contributed by atoms with van der Waals surface area (Å²) in [6, 6.07) is 13.4. The van der Waals surface area contributed by atoms with Gasteiger partial charge in [0.05, 0.1) is 17.4 Å². The highest BCUT2D eigenvalue weighted by molar-refractivity contribution is 8.33. The first-order valence-corrected chi connectivity index (χ1v) is 10.9. The van der Waals surface area contributed by atoms with E-state index in [4.69, 9.17) is 4.98 Å². The van der Waals surface area contributed by atoms with Crippen molar-refractivity contribution in [1.82, 2.24) is 9.38 Å². The fourth-order valence-corrected chi connectivity index (χ4v) is 6.57. The van der Waals surface area contributed by atoms with Gasteiger partial charge in [0.1, 0.15) is 5.65 Å². The standard InChI is InChI=1S/C21H22N2S/c1-13-10-11-16-19-18(13)14-8-6-7-9-15(14)20-22-12-17(23(19)20)21(2,3)24(16,4)5/h6-12H,1-5H3. The number of imidazole rings is 1. The smallest absolute Gasteiger partial charge is 0.145 e. The molecule has 1 aliphatic rings. The number of aromatic nitrogens is 2. The lowest BCUT2D eigenvalue weighted by Gasteiger charge is -2.50. The minimum atomic E-state index is -0.989. The van der Waals surface area contributed by atoms with Crippen molar-refractivity contribution < 1.29 is 0 Å². The SMILES string of the molecule is Cc1ccc2c3c1c1ccccc1c1ncc(n13)C(C)(C)S2(C)C. The van der Waals surface area contributed by atoms with Crippen LogP contribution in [0.3, 0.4) is 0 Å². The van der Waals surface area contributed by atoms with E-state index in [0.717, 1.165) is 5.65 Å². The summed E-state index contributed by atoms with van der Waals surface area (Å²) in [5, 5.41) is 3.97. The number of fused-ring (bicyclic) bond motifs is 3. The quantitative estimate of drug-likeness (QED) is 0.381. The zero-order valence-corrected chi connectivity index (χ0v) is 15.7. The van der Waals surface area contributed by atoms with Crippen LogP contribution >= 0.6 is 10.0 Å². The Morgan fingerprint density at radius 2 is 1.71 bits per heavy atom. The van der Waals surface area contributed by atoms with Crippen LogP contribution in [0.15, 0.2) is 47.5 Å². The van der Waals surface area contributed by atoms with Crippen molar-refractivity contribution >= 4 is 37.4 Å². The highest BCUT2D eigenvalue weighted by Crippen LogP contribution is 2.68. The fourth-order valence-electron chi connectivity index (χ4n) is 4.27.